The predicted octanol–water partition coefficient (Wildman–Crippen LogP) is 3.88. The van der Waals surface area contributed by atoms with Crippen LogP contribution < -0.4 is 15.5 Å². The quantitative estimate of drug-likeness (QED) is 0.307. The average molecular weight is 695 g/mol. The zero-order valence-electron chi connectivity index (χ0n) is 30.0. The van der Waals surface area contributed by atoms with E-state index in [0.717, 1.165) is 48.7 Å². The van der Waals surface area contributed by atoms with Crippen molar-refractivity contribution in [3.05, 3.63) is 95.2 Å². The highest BCUT2D eigenvalue weighted by atomic mass is 16.5. The number of piperazine rings is 1. The molecule has 2 aliphatic heterocycles. The van der Waals surface area contributed by atoms with Crippen molar-refractivity contribution in [2.75, 3.05) is 57.8 Å². The third kappa shape index (κ3) is 7.93. The zero-order chi connectivity index (χ0) is 36.0. The van der Waals surface area contributed by atoms with Gasteiger partial charge in [-0.1, -0.05) is 54.6 Å². The van der Waals surface area contributed by atoms with Crippen LogP contribution >= 0.6 is 0 Å². The smallest absolute Gasteiger partial charge is 0.307 e. The van der Waals surface area contributed by atoms with Gasteiger partial charge in [0.25, 0.3) is 5.91 Å². The Morgan fingerprint density at radius 1 is 0.882 bits per heavy atom. The number of amides is 3. The molecule has 1 aliphatic carbocycles. The lowest BCUT2D eigenvalue weighted by molar-refractivity contribution is -0.147. The first-order valence-corrected chi connectivity index (χ1v) is 18.3. The summed E-state index contributed by atoms with van der Waals surface area (Å²) in [6, 6.07) is 21.1. The first kappa shape index (κ1) is 36.0. The molecule has 3 heterocycles. The van der Waals surface area contributed by atoms with Gasteiger partial charge in [0, 0.05) is 58.1 Å². The van der Waals surface area contributed by atoms with Crippen LogP contribution in [0.5, 0.6) is 0 Å². The minimum atomic E-state index is -1.01. The van der Waals surface area contributed by atoms with Crippen molar-refractivity contribution in [3.63, 3.8) is 0 Å². The third-order valence-corrected chi connectivity index (χ3v) is 10.5. The fourth-order valence-corrected chi connectivity index (χ4v) is 7.81. The molecule has 270 valence electrons. The van der Waals surface area contributed by atoms with Crippen LogP contribution in [0.4, 0.5) is 5.82 Å². The summed E-state index contributed by atoms with van der Waals surface area (Å²) in [6.45, 7) is 8.33. The summed E-state index contributed by atoms with van der Waals surface area (Å²) in [5, 5.41) is 6.25. The predicted molar refractivity (Wildman–Crippen MR) is 196 cm³/mol. The molecule has 2 fully saturated rings. The van der Waals surface area contributed by atoms with Crippen molar-refractivity contribution >= 4 is 29.5 Å². The number of carbonyl (C=O) groups is 4. The average Bonchev–Trinajstić information content (AvgIpc) is 3.14. The minimum absolute atomic E-state index is 0.0482. The molecular formula is C40H50N6O5. The second-order valence-corrected chi connectivity index (χ2v) is 14.2. The molecule has 1 aromatic heterocycles. The van der Waals surface area contributed by atoms with Gasteiger partial charge in [0.05, 0.1) is 29.4 Å². The minimum Gasteiger partial charge on any atom is -0.463 e. The fourth-order valence-electron chi connectivity index (χ4n) is 7.81. The highest BCUT2D eigenvalue weighted by molar-refractivity contribution is 5.99. The summed E-state index contributed by atoms with van der Waals surface area (Å²) in [5.74, 6) is -0.291. The molecule has 2 saturated heterocycles. The molecule has 3 aromatic rings. The number of benzene rings is 2. The van der Waals surface area contributed by atoms with Gasteiger partial charge in [0.15, 0.2) is 0 Å². The van der Waals surface area contributed by atoms with Crippen LogP contribution in [-0.2, 0) is 24.5 Å². The molecule has 11 nitrogen and oxygen atoms in total. The molecule has 11 heteroatoms. The number of piperidine rings is 1. The molecule has 0 bridgehead atoms. The standard InChI is InChI=1S/C40H50N6O5/c1-28(2)51-35(47)16-21-42-39(50)40(29-10-5-4-6-11-29)19-15-32(31-12-7-8-14-34(31)40)38(49)46-22-17-30(18-23-46)43-37(48)33-13-9-20-41-36(33)45-26-24-44(3)25-27-45/h4-14,20,28,30,32H,15-19,21-27H2,1-3H3,(H,42,50)(H,43,48)/t32-,40+/m0/s1. The molecule has 3 aliphatic rings. The molecule has 0 saturated carbocycles. The van der Waals surface area contributed by atoms with Gasteiger partial charge < -0.3 is 30.1 Å². The summed E-state index contributed by atoms with van der Waals surface area (Å²) >= 11 is 0. The number of esters is 1. The number of likely N-dealkylation sites (N-methyl/N-ethyl adjacent to an activating group) is 1. The number of rotatable bonds is 10. The van der Waals surface area contributed by atoms with Gasteiger partial charge in [-0.05, 0) is 75.4 Å². The topological polar surface area (TPSA) is 124 Å². The van der Waals surface area contributed by atoms with Gasteiger partial charge in [-0.15, -0.1) is 0 Å². The maximum atomic E-state index is 14.2. The summed E-state index contributed by atoms with van der Waals surface area (Å²) in [6.07, 6.45) is 3.85. The Labute approximate surface area is 300 Å². The number of fused-ring (bicyclic) bond motifs is 1. The monoisotopic (exact) mass is 694 g/mol. The molecule has 0 unspecified atom stereocenters. The van der Waals surface area contributed by atoms with Crippen molar-refractivity contribution in [1.82, 2.24) is 25.4 Å². The van der Waals surface area contributed by atoms with E-state index in [1.165, 1.54) is 0 Å². The second-order valence-electron chi connectivity index (χ2n) is 14.2. The van der Waals surface area contributed by atoms with Crippen LogP contribution in [0.1, 0.15) is 78.9 Å². The normalized spacial score (nSPS) is 21.1. The summed E-state index contributed by atoms with van der Waals surface area (Å²) in [7, 11) is 2.10. The maximum absolute atomic E-state index is 14.2. The summed E-state index contributed by atoms with van der Waals surface area (Å²) in [5.41, 5.74) is 2.10. The van der Waals surface area contributed by atoms with Crippen LogP contribution in [0, 0.1) is 0 Å². The molecule has 2 N–H and O–H groups in total. The zero-order valence-corrected chi connectivity index (χ0v) is 30.0. The third-order valence-electron chi connectivity index (χ3n) is 10.5. The second kappa shape index (κ2) is 16.1. The van der Waals surface area contributed by atoms with Crippen LogP contribution in [0.15, 0.2) is 72.9 Å². The molecule has 51 heavy (non-hydrogen) atoms. The van der Waals surface area contributed by atoms with E-state index >= 15 is 0 Å². The van der Waals surface area contributed by atoms with Gasteiger partial charge >= 0.3 is 5.97 Å². The maximum Gasteiger partial charge on any atom is 0.307 e. The molecule has 2 aromatic carbocycles. The molecule has 6 rings (SSSR count). The Morgan fingerprint density at radius 2 is 1.59 bits per heavy atom. The van der Waals surface area contributed by atoms with Crippen LogP contribution in [0.3, 0.4) is 0 Å². The lowest BCUT2D eigenvalue weighted by atomic mass is 9.62. The highest BCUT2D eigenvalue weighted by Crippen LogP contribution is 2.48. The van der Waals surface area contributed by atoms with Crippen LogP contribution in [0.25, 0.3) is 0 Å². The van der Waals surface area contributed by atoms with Crippen molar-refractivity contribution in [3.8, 4) is 0 Å². The fraction of sp³-hybridized carbons (Fsp3) is 0.475. The van der Waals surface area contributed by atoms with E-state index in [-0.39, 0.29) is 54.7 Å². The van der Waals surface area contributed by atoms with E-state index in [2.05, 4.69) is 32.5 Å². The number of likely N-dealkylation sites (tertiary alicyclic amines) is 1. The van der Waals surface area contributed by atoms with Gasteiger partial charge in [-0.2, -0.15) is 0 Å². The number of pyridine rings is 1. The number of hydrogen-bond acceptors (Lipinski definition) is 8. The first-order valence-electron chi connectivity index (χ1n) is 18.3. The van der Waals surface area contributed by atoms with Gasteiger partial charge in [-0.25, -0.2) is 4.98 Å². The largest absolute Gasteiger partial charge is 0.463 e. The number of anilines is 1. The molecule has 3 amide bonds. The lowest BCUT2D eigenvalue weighted by Crippen LogP contribution is -2.51. The highest BCUT2D eigenvalue weighted by Gasteiger charge is 2.48. The van der Waals surface area contributed by atoms with Crippen LogP contribution in [0.2, 0.25) is 0 Å². The van der Waals surface area contributed by atoms with Crippen molar-refractivity contribution in [1.29, 1.82) is 0 Å². The lowest BCUT2D eigenvalue weighted by Gasteiger charge is -2.42. The summed E-state index contributed by atoms with van der Waals surface area (Å²) < 4.78 is 5.26. The van der Waals surface area contributed by atoms with E-state index in [0.29, 0.717) is 44.3 Å². The van der Waals surface area contributed by atoms with E-state index in [1.807, 2.05) is 65.6 Å². The Morgan fingerprint density at radius 3 is 2.31 bits per heavy atom. The van der Waals surface area contributed by atoms with Crippen LogP contribution in [-0.4, -0.2) is 103 Å². The van der Waals surface area contributed by atoms with Gasteiger partial charge in [-0.3, -0.25) is 19.2 Å². The van der Waals surface area contributed by atoms with Crippen molar-refractivity contribution < 1.29 is 23.9 Å². The first-order chi connectivity index (χ1) is 24.7. The van der Waals surface area contributed by atoms with E-state index in [1.54, 1.807) is 26.1 Å². The van der Waals surface area contributed by atoms with Crippen molar-refractivity contribution in [2.24, 2.45) is 0 Å². The Hall–Kier alpha value is -4.77. The number of ether oxygens (including phenoxy) is 1. The Bertz CT molecular complexity index is 1700. The number of aromatic nitrogens is 1. The van der Waals surface area contributed by atoms with Gasteiger partial charge in [0.2, 0.25) is 11.8 Å². The van der Waals surface area contributed by atoms with E-state index in [4.69, 9.17) is 4.74 Å². The Balaban J connectivity index is 1.13. The Kier molecular flexibility index (Phi) is 11.3. The number of hydrogen-bond donors (Lipinski definition) is 2. The molecule has 0 radical (unpaired) electrons. The van der Waals surface area contributed by atoms with E-state index in [9.17, 15) is 19.2 Å². The number of nitrogens with one attached hydrogen (secondary N) is 2. The van der Waals surface area contributed by atoms with Crippen molar-refractivity contribution in [2.45, 2.75) is 69.4 Å². The molecule has 2 atom stereocenters. The molecule has 0 spiro atoms. The summed E-state index contributed by atoms with van der Waals surface area (Å²) in [4.78, 5) is 65.1. The number of nitrogens with zero attached hydrogens (tertiary/aromatic N) is 4. The SMILES string of the molecule is CC(C)OC(=O)CCNC(=O)[C@@]1(c2ccccc2)CC[C@H](C(=O)N2CCC(NC(=O)c3cccnc3N3CCN(C)CC3)CC2)c2ccccc21. The van der Waals surface area contributed by atoms with E-state index < -0.39 is 5.41 Å². The number of carbonyl (C=O) groups excluding carboxylic acids is 4. The molecular weight excluding hydrogens is 644 g/mol. The van der Waals surface area contributed by atoms with Gasteiger partial charge in [0.1, 0.15) is 5.82 Å².